The Morgan fingerprint density at radius 1 is 1.50 bits per heavy atom. The predicted octanol–water partition coefficient (Wildman–Crippen LogP) is 2.33. The molecular weight excluding hydrogens is 272 g/mol. The number of hydrogen-bond donors (Lipinski definition) is 2. The molecule has 2 atom stereocenters. The summed E-state index contributed by atoms with van der Waals surface area (Å²) >= 11 is 1.45. The van der Waals surface area contributed by atoms with Gasteiger partial charge in [-0.2, -0.15) is 0 Å². The summed E-state index contributed by atoms with van der Waals surface area (Å²) in [5, 5.41) is 10.6. The lowest BCUT2D eigenvalue weighted by atomic mass is 10.0. The highest BCUT2D eigenvalue weighted by Gasteiger charge is 2.31. The lowest BCUT2D eigenvalue weighted by molar-refractivity contribution is 0.0768. The number of thiophene rings is 1. The number of nitrogen functional groups attached to an aromatic ring is 1. The van der Waals surface area contributed by atoms with Gasteiger partial charge < -0.3 is 15.7 Å². The number of carbonyl (C=O) groups is 1. The van der Waals surface area contributed by atoms with Crippen molar-refractivity contribution in [1.82, 2.24) is 4.90 Å². The van der Waals surface area contributed by atoms with Crippen molar-refractivity contribution in [2.24, 2.45) is 5.92 Å². The molecule has 1 fully saturated rings. The fourth-order valence-corrected chi connectivity index (χ4v) is 3.82. The Bertz CT molecular complexity index is 650. The first-order chi connectivity index (χ1) is 9.58. The first kappa shape index (κ1) is 13.4. The van der Waals surface area contributed by atoms with Crippen LogP contribution >= 0.6 is 11.3 Å². The number of aliphatic hydroxyl groups is 1. The summed E-state index contributed by atoms with van der Waals surface area (Å²) < 4.78 is 1.04. The van der Waals surface area contributed by atoms with Crippen molar-refractivity contribution in [2.75, 3.05) is 18.8 Å². The molecule has 0 saturated carbocycles. The number of rotatable bonds is 2. The minimum atomic E-state index is -0.368. The van der Waals surface area contributed by atoms with Gasteiger partial charge in [0.2, 0.25) is 0 Å². The number of aliphatic hydroxyl groups excluding tert-OH is 1. The molecule has 1 aliphatic rings. The van der Waals surface area contributed by atoms with Crippen LogP contribution in [0.3, 0.4) is 0 Å². The molecule has 3 N–H and O–H groups in total. The van der Waals surface area contributed by atoms with E-state index in [9.17, 15) is 9.90 Å². The van der Waals surface area contributed by atoms with Crippen molar-refractivity contribution < 1.29 is 9.90 Å². The molecule has 1 aromatic carbocycles. The van der Waals surface area contributed by atoms with Crippen LogP contribution in [0.5, 0.6) is 0 Å². The molecule has 0 radical (unpaired) electrons. The summed E-state index contributed by atoms with van der Waals surface area (Å²) in [6.07, 6.45) is 0.487. The third-order valence-electron chi connectivity index (χ3n) is 4.02. The Morgan fingerprint density at radius 2 is 2.25 bits per heavy atom. The van der Waals surface area contributed by atoms with Crippen LogP contribution in [0.2, 0.25) is 0 Å². The zero-order valence-corrected chi connectivity index (χ0v) is 12.2. The Labute approximate surface area is 121 Å². The van der Waals surface area contributed by atoms with E-state index < -0.39 is 0 Å². The van der Waals surface area contributed by atoms with Gasteiger partial charge in [0.05, 0.1) is 11.8 Å². The Hall–Kier alpha value is -1.59. The number of anilines is 1. The maximum atomic E-state index is 12.6. The lowest BCUT2D eigenvalue weighted by Crippen LogP contribution is -2.30. The number of fused-ring (bicyclic) bond motifs is 1. The smallest absolute Gasteiger partial charge is 0.266 e. The average Bonchev–Trinajstić information content (AvgIpc) is 3.04. The second kappa shape index (κ2) is 5.07. The molecule has 5 heteroatoms. The minimum absolute atomic E-state index is 0.00755. The normalized spacial score (nSPS) is 20.5. The molecule has 0 spiro atoms. The molecular formula is C15H18N2O2S. The molecule has 2 aromatic rings. The summed E-state index contributed by atoms with van der Waals surface area (Å²) in [5.74, 6) is 0.168. The zero-order valence-electron chi connectivity index (χ0n) is 11.4. The third-order valence-corrected chi connectivity index (χ3v) is 5.20. The van der Waals surface area contributed by atoms with E-state index in [1.165, 1.54) is 11.3 Å². The van der Waals surface area contributed by atoms with Crippen LogP contribution in [0.25, 0.3) is 10.1 Å². The van der Waals surface area contributed by atoms with E-state index in [0.717, 1.165) is 16.5 Å². The van der Waals surface area contributed by atoms with Crippen molar-refractivity contribution >= 4 is 33.0 Å². The van der Waals surface area contributed by atoms with E-state index in [1.54, 1.807) is 11.8 Å². The SMILES string of the molecule is CC(O)C1CCN(C(=O)c2sc3ccccc3c2N)C1. The number of benzene rings is 1. The van der Waals surface area contributed by atoms with Crippen LogP contribution in [0.1, 0.15) is 23.0 Å². The van der Waals surface area contributed by atoms with Crippen molar-refractivity contribution in [1.29, 1.82) is 0 Å². The van der Waals surface area contributed by atoms with E-state index in [1.807, 2.05) is 24.3 Å². The topological polar surface area (TPSA) is 66.6 Å². The Balaban J connectivity index is 1.88. The van der Waals surface area contributed by atoms with Crippen LogP contribution in [-0.4, -0.2) is 35.1 Å². The van der Waals surface area contributed by atoms with Crippen LogP contribution in [0, 0.1) is 5.92 Å². The number of likely N-dealkylation sites (tertiary alicyclic amines) is 1. The van der Waals surface area contributed by atoms with Gasteiger partial charge in [0, 0.05) is 29.1 Å². The van der Waals surface area contributed by atoms with Gasteiger partial charge in [-0.15, -0.1) is 11.3 Å². The lowest BCUT2D eigenvalue weighted by Gasteiger charge is -2.17. The highest BCUT2D eigenvalue weighted by atomic mass is 32.1. The molecule has 0 aliphatic carbocycles. The van der Waals surface area contributed by atoms with Gasteiger partial charge in [-0.05, 0) is 19.4 Å². The third kappa shape index (κ3) is 2.17. The minimum Gasteiger partial charge on any atom is -0.397 e. The molecule has 4 nitrogen and oxygen atoms in total. The zero-order chi connectivity index (χ0) is 14.3. The number of nitrogens with two attached hydrogens (primary N) is 1. The largest absolute Gasteiger partial charge is 0.397 e. The summed E-state index contributed by atoms with van der Waals surface area (Å²) in [4.78, 5) is 15.0. The average molecular weight is 290 g/mol. The molecule has 2 unspecified atom stereocenters. The summed E-state index contributed by atoms with van der Waals surface area (Å²) in [7, 11) is 0. The molecule has 1 aromatic heterocycles. The van der Waals surface area contributed by atoms with Crippen molar-refractivity contribution in [3.8, 4) is 0 Å². The van der Waals surface area contributed by atoms with Crippen molar-refractivity contribution in [2.45, 2.75) is 19.4 Å². The predicted molar refractivity (Wildman–Crippen MR) is 81.9 cm³/mol. The van der Waals surface area contributed by atoms with E-state index in [-0.39, 0.29) is 17.9 Å². The van der Waals surface area contributed by atoms with Gasteiger partial charge in [0.1, 0.15) is 4.88 Å². The molecule has 1 amide bonds. The standard InChI is InChI=1S/C15H18N2O2S/c1-9(18)10-6-7-17(8-10)15(19)14-13(16)11-4-2-3-5-12(11)20-14/h2-5,9-10,18H,6-8,16H2,1H3. The Morgan fingerprint density at radius 3 is 2.90 bits per heavy atom. The molecule has 20 heavy (non-hydrogen) atoms. The summed E-state index contributed by atoms with van der Waals surface area (Å²) in [6, 6.07) is 7.81. The molecule has 2 heterocycles. The molecule has 1 aliphatic heterocycles. The number of hydrogen-bond acceptors (Lipinski definition) is 4. The summed E-state index contributed by atoms with van der Waals surface area (Å²) in [6.45, 7) is 3.10. The van der Waals surface area contributed by atoms with Crippen molar-refractivity contribution in [3.05, 3.63) is 29.1 Å². The molecule has 3 rings (SSSR count). The number of carbonyl (C=O) groups excluding carboxylic acids is 1. The number of nitrogens with zero attached hydrogens (tertiary/aromatic N) is 1. The van der Waals surface area contributed by atoms with Crippen molar-refractivity contribution in [3.63, 3.8) is 0 Å². The number of amides is 1. The second-order valence-electron chi connectivity index (χ2n) is 5.38. The summed E-state index contributed by atoms with van der Waals surface area (Å²) in [5.41, 5.74) is 6.70. The van der Waals surface area contributed by atoms with Gasteiger partial charge in [-0.1, -0.05) is 18.2 Å². The fraction of sp³-hybridized carbons (Fsp3) is 0.400. The molecule has 0 bridgehead atoms. The van der Waals surface area contributed by atoms with Gasteiger partial charge in [-0.25, -0.2) is 0 Å². The van der Waals surface area contributed by atoms with Crippen LogP contribution in [-0.2, 0) is 0 Å². The van der Waals surface area contributed by atoms with Crippen LogP contribution < -0.4 is 5.73 Å². The van der Waals surface area contributed by atoms with Crippen LogP contribution in [0.4, 0.5) is 5.69 Å². The monoisotopic (exact) mass is 290 g/mol. The van der Waals surface area contributed by atoms with Gasteiger partial charge in [-0.3, -0.25) is 4.79 Å². The Kier molecular flexibility index (Phi) is 3.40. The van der Waals surface area contributed by atoms with E-state index >= 15 is 0 Å². The van der Waals surface area contributed by atoms with Gasteiger partial charge in [0.25, 0.3) is 5.91 Å². The molecule has 106 valence electrons. The maximum absolute atomic E-state index is 12.6. The molecule has 1 saturated heterocycles. The highest BCUT2D eigenvalue weighted by molar-refractivity contribution is 7.21. The first-order valence-electron chi connectivity index (χ1n) is 6.82. The van der Waals surface area contributed by atoms with Gasteiger partial charge >= 0.3 is 0 Å². The van der Waals surface area contributed by atoms with E-state index in [0.29, 0.717) is 23.7 Å². The second-order valence-corrected chi connectivity index (χ2v) is 6.43. The fourth-order valence-electron chi connectivity index (χ4n) is 2.73. The maximum Gasteiger partial charge on any atom is 0.266 e. The van der Waals surface area contributed by atoms with E-state index in [4.69, 9.17) is 5.73 Å². The van der Waals surface area contributed by atoms with E-state index in [2.05, 4.69) is 0 Å². The highest BCUT2D eigenvalue weighted by Crippen LogP contribution is 2.35. The first-order valence-corrected chi connectivity index (χ1v) is 7.64. The van der Waals surface area contributed by atoms with Crippen LogP contribution in [0.15, 0.2) is 24.3 Å². The van der Waals surface area contributed by atoms with Gasteiger partial charge in [0.15, 0.2) is 0 Å². The quantitative estimate of drug-likeness (QED) is 0.892.